The molecule has 0 bridgehead atoms. The highest BCUT2D eigenvalue weighted by molar-refractivity contribution is 6.03. The van der Waals surface area contributed by atoms with E-state index in [4.69, 9.17) is 0 Å². The first-order valence-corrected chi connectivity index (χ1v) is 10.8. The molecule has 7 nitrogen and oxygen atoms in total. The lowest BCUT2D eigenvalue weighted by Gasteiger charge is -2.18. The van der Waals surface area contributed by atoms with Crippen molar-refractivity contribution < 1.29 is 13.6 Å². The molecule has 9 heteroatoms. The van der Waals surface area contributed by atoms with E-state index in [1.54, 1.807) is 36.1 Å². The molecule has 5 rings (SSSR count). The van der Waals surface area contributed by atoms with Gasteiger partial charge in [0.1, 0.15) is 17.2 Å². The Morgan fingerprint density at radius 3 is 2.79 bits per heavy atom. The average Bonchev–Trinajstić information content (AvgIpc) is 3.29. The Bertz CT molecular complexity index is 1360. The lowest BCUT2D eigenvalue weighted by molar-refractivity contribution is -0.118. The van der Waals surface area contributed by atoms with Gasteiger partial charge in [-0.1, -0.05) is 12.1 Å². The van der Waals surface area contributed by atoms with Crippen LogP contribution < -0.4 is 5.32 Å². The van der Waals surface area contributed by atoms with Crippen LogP contribution >= 0.6 is 0 Å². The Hall–Kier alpha value is -3.62. The minimum absolute atomic E-state index is 0.0992. The van der Waals surface area contributed by atoms with Crippen LogP contribution in [0.25, 0.3) is 22.3 Å². The number of alkyl halides is 1. The molecule has 3 aromatic heterocycles. The molecule has 33 heavy (non-hydrogen) atoms. The van der Waals surface area contributed by atoms with Crippen molar-refractivity contribution in [3.63, 3.8) is 0 Å². The van der Waals surface area contributed by atoms with E-state index in [-0.39, 0.29) is 18.3 Å². The number of aromatic amines is 1. The van der Waals surface area contributed by atoms with Crippen LogP contribution in [-0.4, -0.2) is 36.5 Å². The van der Waals surface area contributed by atoms with Crippen LogP contribution in [0.15, 0.2) is 42.9 Å². The number of halogens is 2. The maximum atomic E-state index is 14.2. The van der Waals surface area contributed by atoms with Gasteiger partial charge >= 0.3 is 0 Å². The van der Waals surface area contributed by atoms with Gasteiger partial charge in [0.05, 0.1) is 41.3 Å². The zero-order valence-electron chi connectivity index (χ0n) is 18.6. The van der Waals surface area contributed by atoms with E-state index >= 15 is 0 Å². The topological polar surface area (TPSA) is 88.5 Å². The van der Waals surface area contributed by atoms with Gasteiger partial charge in [-0.2, -0.15) is 10.2 Å². The zero-order chi connectivity index (χ0) is 23.4. The van der Waals surface area contributed by atoms with Gasteiger partial charge in [0.15, 0.2) is 0 Å². The fraction of sp³-hybridized carbons (Fsp3) is 0.333. The molecule has 1 aliphatic carbocycles. The smallest absolute Gasteiger partial charge is 0.235 e. The predicted octanol–water partition coefficient (Wildman–Crippen LogP) is 4.69. The van der Waals surface area contributed by atoms with Crippen LogP contribution in [0.3, 0.4) is 0 Å². The molecule has 1 aliphatic rings. The molecule has 1 fully saturated rings. The van der Waals surface area contributed by atoms with Crippen molar-refractivity contribution in [3.8, 4) is 11.4 Å². The van der Waals surface area contributed by atoms with Gasteiger partial charge in [-0.3, -0.25) is 19.6 Å². The van der Waals surface area contributed by atoms with E-state index in [2.05, 4.69) is 25.6 Å². The molecule has 1 aromatic carbocycles. The summed E-state index contributed by atoms with van der Waals surface area (Å²) in [6, 6.07) is 6.64. The number of fused-ring (bicyclic) bond motifs is 1. The van der Waals surface area contributed by atoms with Crippen LogP contribution in [0.5, 0.6) is 0 Å². The molecule has 0 unspecified atom stereocenters. The van der Waals surface area contributed by atoms with E-state index in [1.807, 2.05) is 6.07 Å². The molecule has 0 atom stereocenters. The third kappa shape index (κ3) is 3.77. The number of aromatic nitrogens is 5. The second-order valence-electron chi connectivity index (χ2n) is 9.26. The molecule has 3 heterocycles. The van der Waals surface area contributed by atoms with Crippen molar-refractivity contribution in [2.45, 2.75) is 51.2 Å². The largest absolute Gasteiger partial charge is 0.322 e. The van der Waals surface area contributed by atoms with E-state index in [0.29, 0.717) is 41.0 Å². The summed E-state index contributed by atoms with van der Waals surface area (Å²) in [5, 5.41) is 15.0. The number of nitrogens with zero attached hydrogens (tertiary/aromatic N) is 4. The van der Waals surface area contributed by atoms with E-state index in [0.717, 1.165) is 10.9 Å². The monoisotopic (exact) mass is 450 g/mol. The number of pyridine rings is 1. The summed E-state index contributed by atoms with van der Waals surface area (Å²) in [4.78, 5) is 17.7. The Labute approximate surface area is 189 Å². The minimum atomic E-state index is -1.43. The Morgan fingerprint density at radius 1 is 1.27 bits per heavy atom. The summed E-state index contributed by atoms with van der Waals surface area (Å²) >= 11 is 0. The van der Waals surface area contributed by atoms with Crippen LogP contribution in [0.1, 0.15) is 37.8 Å². The maximum absolute atomic E-state index is 14.2. The number of nitrogens with one attached hydrogen (secondary N) is 2. The Kier molecular flexibility index (Phi) is 4.81. The summed E-state index contributed by atoms with van der Waals surface area (Å²) in [5.41, 5.74) is 1.31. The Balaban J connectivity index is 1.45. The molecular weight excluding hydrogens is 426 g/mol. The number of rotatable bonds is 6. The first-order valence-electron chi connectivity index (χ1n) is 10.8. The Morgan fingerprint density at radius 2 is 2.06 bits per heavy atom. The standard InChI is InChI=1S/C24H24F2N6O/c1-14-16(5-4-6-17(14)25)24(7-8-24)22(33)30-19-12-28-31-21(19)18-9-20-15(10-27-18)11-29-32(20)13-23(2,3)26/h4-6,9-12H,7-8,13H2,1-3H3,(H,28,31)(H,30,33). The van der Waals surface area contributed by atoms with Crippen molar-refractivity contribution in [1.82, 2.24) is 25.0 Å². The maximum Gasteiger partial charge on any atom is 0.235 e. The fourth-order valence-corrected chi connectivity index (χ4v) is 4.28. The SMILES string of the molecule is Cc1c(F)cccc1C1(C(=O)Nc2cn[nH]c2-c2cc3c(cn2)cnn3CC(C)(C)F)CC1. The van der Waals surface area contributed by atoms with Gasteiger partial charge in [-0.25, -0.2) is 8.78 Å². The number of H-pyrrole nitrogens is 1. The lowest BCUT2D eigenvalue weighted by Crippen LogP contribution is -2.28. The normalized spacial score (nSPS) is 15.1. The highest BCUT2D eigenvalue weighted by atomic mass is 19.1. The number of anilines is 1. The van der Waals surface area contributed by atoms with Gasteiger partial charge in [0.2, 0.25) is 5.91 Å². The summed E-state index contributed by atoms with van der Waals surface area (Å²) in [7, 11) is 0. The van der Waals surface area contributed by atoms with E-state index in [1.165, 1.54) is 26.1 Å². The van der Waals surface area contributed by atoms with Gasteiger partial charge in [-0.15, -0.1) is 0 Å². The van der Waals surface area contributed by atoms with Gasteiger partial charge < -0.3 is 5.32 Å². The zero-order valence-corrected chi connectivity index (χ0v) is 18.6. The van der Waals surface area contributed by atoms with E-state index in [9.17, 15) is 13.6 Å². The van der Waals surface area contributed by atoms with Crippen molar-refractivity contribution in [2.75, 3.05) is 5.32 Å². The van der Waals surface area contributed by atoms with Gasteiger partial charge in [-0.05, 0) is 56.9 Å². The number of benzene rings is 1. The summed E-state index contributed by atoms with van der Waals surface area (Å²) in [6.07, 6.45) is 6.13. The number of carbonyl (C=O) groups excluding carboxylic acids is 1. The van der Waals surface area contributed by atoms with E-state index < -0.39 is 11.1 Å². The molecule has 1 saturated carbocycles. The van der Waals surface area contributed by atoms with Crippen molar-refractivity contribution in [3.05, 3.63) is 59.8 Å². The minimum Gasteiger partial charge on any atom is -0.322 e. The fourth-order valence-electron chi connectivity index (χ4n) is 4.28. The summed E-state index contributed by atoms with van der Waals surface area (Å²) in [6.45, 7) is 4.79. The van der Waals surface area contributed by atoms with Gasteiger partial charge in [0, 0.05) is 11.6 Å². The first-order chi connectivity index (χ1) is 15.7. The second kappa shape index (κ2) is 7.47. The predicted molar refractivity (Wildman–Crippen MR) is 121 cm³/mol. The highest BCUT2D eigenvalue weighted by Crippen LogP contribution is 2.50. The third-order valence-electron chi connectivity index (χ3n) is 6.16. The number of amides is 1. The molecule has 0 aliphatic heterocycles. The molecule has 0 spiro atoms. The second-order valence-corrected chi connectivity index (χ2v) is 9.26. The molecule has 2 N–H and O–H groups in total. The number of carbonyl (C=O) groups is 1. The van der Waals surface area contributed by atoms with Crippen LogP contribution in [0, 0.1) is 12.7 Å². The van der Waals surface area contributed by atoms with Gasteiger partial charge in [0.25, 0.3) is 0 Å². The number of hydrogen-bond donors (Lipinski definition) is 2. The number of hydrogen-bond acceptors (Lipinski definition) is 4. The van der Waals surface area contributed by atoms with Crippen LogP contribution in [-0.2, 0) is 16.8 Å². The summed E-state index contributed by atoms with van der Waals surface area (Å²) < 4.78 is 29.9. The van der Waals surface area contributed by atoms with Crippen molar-refractivity contribution in [2.24, 2.45) is 0 Å². The van der Waals surface area contributed by atoms with Crippen molar-refractivity contribution >= 4 is 22.5 Å². The quantitative estimate of drug-likeness (QED) is 0.446. The molecule has 4 aromatic rings. The highest BCUT2D eigenvalue weighted by Gasteiger charge is 2.52. The molecule has 170 valence electrons. The van der Waals surface area contributed by atoms with Crippen molar-refractivity contribution in [1.29, 1.82) is 0 Å². The molecule has 1 amide bonds. The first kappa shape index (κ1) is 21.2. The lowest BCUT2D eigenvalue weighted by atomic mass is 9.90. The average molecular weight is 450 g/mol. The van der Waals surface area contributed by atoms with Crippen LogP contribution in [0.4, 0.5) is 14.5 Å². The molecule has 0 radical (unpaired) electrons. The third-order valence-corrected chi connectivity index (χ3v) is 6.16. The molecule has 0 saturated heterocycles. The summed E-state index contributed by atoms with van der Waals surface area (Å²) in [5.74, 6) is -0.523. The molecular formula is C24H24F2N6O. The van der Waals surface area contributed by atoms with Crippen LogP contribution in [0.2, 0.25) is 0 Å².